The zero-order valence-electron chi connectivity index (χ0n) is 10.8. The Bertz CT molecular complexity index is 500. The SMILES string of the molecule is C[C@@H]1CCC[C@H](C)N1S(=O)(=O)c1cc(CN)cs1. The molecule has 1 aromatic heterocycles. The zero-order valence-corrected chi connectivity index (χ0v) is 12.4. The van der Waals surface area contributed by atoms with Gasteiger partial charge < -0.3 is 5.73 Å². The monoisotopic (exact) mass is 288 g/mol. The van der Waals surface area contributed by atoms with E-state index in [1.807, 2.05) is 19.2 Å². The second-order valence-corrected chi connectivity index (χ2v) is 7.92. The Balaban J connectivity index is 2.34. The quantitative estimate of drug-likeness (QED) is 0.927. The van der Waals surface area contributed by atoms with Crippen LogP contribution in [0.5, 0.6) is 0 Å². The first kappa shape index (κ1) is 14.0. The summed E-state index contributed by atoms with van der Waals surface area (Å²) in [5, 5.41) is 1.83. The Hall–Kier alpha value is -0.430. The van der Waals surface area contributed by atoms with Crippen molar-refractivity contribution >= 4 is 21.4 Å². The molecule has 2 rings (SSSR count). The van der Waals surface area contributed by atoms with Gasteiger partial charge in [0.1, 0.15) is 4.21 Å². The van der Waals surface area contributed by atoms with Crippen LogP contribution in [0.15, 0.2) is 15.7 Å². The first-order valence-electron chi connectivity index (χ1n) is 6.28. The predicted molar refractivity (Wildman–Crippen MR) is 74.0 cm³/mol. The smallest absolute Gasteiger partial charge is 0.253 e. The second kappa shape index (κ2) is 5.28. The Morgan fingerprint density at radius 1 is 1.39 bits per heavy atom. The summed E-state index contributed by atoms with van der Waals surface area (Å²) in [6.45, 7) is 4.37. The van der Waals surface area contributed by atoms with Crippen LogP contribution in [0.3, 0.4) is 0 Å². The molecule has 0 radical (unpaired) electrons. The van der Waals surface area contributed by atoms with E-state index in [2.05, 4.69) is 0 Å². The molecular formula is C12H20N2O2S2. The van der Waals surface area contributed by atoms with E-state index in [-0.39, 0.29) is 12.1 Å². The van der Waals surface area contributed by atoms with Crippen molar-refractivity contribution in [3.63, 3.8) is 0 Å². The van der Waals surface area contributed by atoms with Crippen molar-refractivity contribution in [2.75, 3.05) is 0 Å². The third-order valence-corrected chi connectivity index (χ3v) is 7.10. The van der Waals surface area contributed by atoms with E-state index in [1.54, 1.807) is 10.4 Å². The Morgan fingerprint density at radius 3 is 2.50 bits per heavy atom. The summed E-state index contributed by atoms with van der Waals surface area (Å²) in [6.07, 6.45) is 2.99. The second-order valence-electron chi connectivity index (χ2n) is 4.94. The minimum absolute atomic E-state index is 0.0853. The highest BCUT2D eigenvalue weighted by Crippen LogP contribution is 2.32. The number of nitrogens with zero attached hydrogens (tertiary/aromatic N) is 1. The lowest BCUT2D eigenvalue weighted by atomic mass is 10.0. The fraction of sp³-hybridized carbons (Fsp3) is 0.667. The summed E-state index contributed by atoms with van der Waals surface area (Å²) in [4.78, 5) is 0. The van der Waals surface area contributed by atoms with Crippen molar-refractivity contribution in [2.45, 2.75) is 55.9 Å². The molecular weight excluding hydrogens is 268 g/mol. The van der Waals surface area contributed by atoms with Gasteiger partial charge in [-0.15, -0.1) is 11.3 Å². The molecule has 2 N–H and O–H groups in total. The van der Waals surface area contributed by atoms with Crippen LogP contribution in [-0.2, 0) is 16.6 Å². The van der Waals surface area contributed by atoms with E-state index in [1.165, 1.54) is 11.3 Å². The number of hydrogen-bond acceptors (Lipinski definition) is 4. The number of hydrogen-bond donors (Lipinski definition) is 1. The van der Waals surface area contributed by atoms with Gasteiger partial charge in [-0.1, -0.05) is 6.42 Å². The number of piperidine rings is 1. The van der Waals surface area contributed by atoms with Crippen LogP contribution in [0.4, 0.5) is 0 Å². The zero-order chi connectivity index (χ0) is 13.3. The third kappa shape index (κ3) is 2.47. The van der Waals surface area contributed by atoms with Gasteiger partial charge in [0.15, 0.2) is 0 Å². The van der Waals surface area contributed by atoms with Gasteiger partial charge in [0.2, 0.25) is 0 Å². The van der Waals surface area contributed by atoms with Crippen LogP contribution in [0, 0.1) is 0 Å². The van der Waals surface area contributed by atoms with Gasteiger partial charge in [0, 0.05) is 18.6 Å². The third-order valence-electron chi connectivity index (χ3n) is 3.51. The average molecular weight is 288 g/mol. The topological polar surface area (TPSA) is 63.4 Å². The molecule has 4 nitrogen and oxygen atoms in total. The summed E-state index contributed by atoms with van der Waals surface area (Å²) in [7, 11) is -3.35. The molecule has 0 unspecified atom stereocenters. The fourth-order valence-electron chi connectivity index (χ4n) is 2.57. The lowest BCUT2D eigenvalue weighted by Crippen LogP contribution is -2.47. The summed E-state index contributed by atoms with van der Waals surface area (Å²) in [5.74, 6) is 0. The van der Waals surface area contributed by atoms with E-state index >= 15 is 0 Å². The molecule has 0 amide bonds. The number of nitrogens with two attached hydrogens (primary N) is 1. The highest BCUT2D eigenvalue weighted by atomic mass is 32.2. The molecule has 1 saturated heterocycles. The van der Waals surface area contributed by atoms with Gasteiger partial charge in [-0.05, 0) is 43.7 Å². The van der Waals surface area contributed by atoms with Crippen LogP contribution in [0.1, 0.15) is 38.7 Å². The van der Waals surface area contributed by atoms with E-state index in [0.717, 1.165) is 24.8 Å². The lowest BCUT2D eigenvalue weighted by Gasteiger charge is -2.37. The molecule has 2 heterocycles. The van der Waals surface area contributed by atoms with Crippen molar-refractivity contribution in [3.8, 4) is 0 Å². The predicted octanol–water partition coefficient (Wildman–Crippen LogP) is 2.16. The Kier molecular flexibility index (Phi) is 4.11. The Labute approximate surface area is 113 Å². The molecule has 0 aromatic carbocycles. The molecule has 1 fully saturated rings. The van der Waals surface area contributed by atoms with Crippen molar-refractivity contribution in [1.29, 1.82) is 0 Å². The maximum Gasteiger partial charge on any atom is 0.253 e. The molecule has 0 bridgehead atoms. The number of thiophene rings is 1. The Morgan fingerprint density at radius 2 is 2.00 bits per heavy atom. The number of rotatable bonds is 3. The van der Waals surface area contributed by atoms with Gasteiger partial charge in [0.25, 0.3) is 10.0 Å². The van der Waals surface area contributed by atoms with Gasteiger partial charge in [0.05, 0.1) is 0 Å². The normalized spacial score (nSPS) is 26.4. The lowest BCUT2D eigenvalue weighted by molar-refractivity contribution is 0.204. The largest absolute Gasteiger partial charge is 0.326 e. The van der Waals surface area contributed by atoms with E-state index in [0.29, 0.717) is 10.8 Å². The van der Waals surface area contributed by atoms with E-state index in [9.17, 15) is 8.42 Å². The molecule has 1 aliphatic heterocycles. The minimum atomic E-state index is -3.35. The van der Waals surface area contributed by atoms with E-state index in [4.69, 9.17) is 5.73 Å². The first-order chi connectivity index (χ1) is 8.46. The molecule has 0 spiro atoms. The number of sulfonamides is 1. The fourth-order valence-corrected chi connectivity index (χ4v) is 5.78. The molecule has 2 atom stereocenters. The maximum atomic E-state index is 12.6. The van der Waals surface area contributed by atoms with Crippen LogP contribution in [0.2, 0.25) is 0 Å². The molecule has 6 heteroatoms. The van der Waals surface area contributed by atoms with Crippen molar-refractivity contribution < 1.29 is 8.42 Å². The maximum absolute atomic E-state index is 12.6. The molecule has 0 aliphatic carbocycles. The van der Waals surface area contributed by atoms with Gasteiger partial charge >= 0.3 is 0 Å². The first-order valence-corrected chi connectivity index (χ1v) is 8.59. The van der Waals surface area contributed by atoms with Gasteiger partial charge in [-0.25, -0.2) is 8.42 Å². The molecule has 1 aromatic rings. The standard InChI is InChI=1S/C12H20N2O2S2/c1-9-4-3-5-10(2)14(9)18(15,16)12-6-11(7-13)8-17-12/h6,8-10H,3-5,7,13H2,1-2H3/t9-,10+. The van der Waals surface area contributed by atoms with Crippen molar-refractivity contribution in [2.24, 2.45) is 5.73 Å². The molecule has 0 saturated carbocycles. The average Bonchev–Trinajstić information content (AvgIpc) is 2.77. The van der Waals surface area contributed by atoms with Crippen LogP contribution >= 0.6 is 11.3 Å². The molecule has 102 valence electrons. The molecule has 1 aliphatic rings. The highest BCUT2D eigenvalue weighted by Gasteiger charge is 2.36. The molecule has 18 heavy (non-hydrogen) atoms. The van der Waals surface area contributed by atoms with Crippen molar-refractivity contribution in [3.05, 3.63) is 17.0 Å². The van der Waals surface area contributed by atoms with Crippen molar-refractivity contribution in [1.82, 2.24) is 4.31 Å². The highest BCUT2D eigenvalue weighted by molar-refractivity contribution is 7.91. The van der Waals surface area contributed by atoms with Gasteiger partial charge in [-0.3, -0.25) is 0 Å². The van der Waals surface area contributed by atoms with E-state index < -0.39 is 10.0 Å². The minimum Gasteiger partial charge on any atom is -0.326 e. The van der Waals surface area contributed by atoms with Crippen LogP contribution in [-0.4, -0.2) is 24.8 Å². The van der Waals surface area contributed by atoms with Crippen LogP contribution in [0.25, 0.3) is 0 Å². The summed E-state index contributed by atoms with van der Waals surface area (Å²) < 4.78 is 27.4. The van der Waals surface area contributed by atoms with Gasteiger partial charge in [-0.2, -0.15) is 4.31 Å². The summed E-state index contributed by atoms with van der Waals surface area (Å²) in [5.41, 5.74) is 6.42. The van der Waals surface area contributed by atoms with Crippen LogP contribution < -0.4 is 5.73 Å². The summed E-state index contributed by atoms with van der Waals surface area (Å²) in [6, 6.07) is 1.87. The summed E-state index contributed by atoms with van der Waals surface area (Å²) >= 11 is 1.27.